The van der Waals surface area contributed by atoms with E-state index >= 15 is 0 Å². The van der Waals surface area contributed by atoms with E-state index in [0.29, 0.717) is 5.56 Å². The van der Waals surface area contributed by atoms with Gasteiger partial charge >= 0.3 is 0 Å². The van der Waals surface area contributed by atoms with Gasteiger partial charge < -0.3 is 0 Å². The molecule has 0 radical (unpaired) electrons. The van der Waals surface area contributed by atoms with Crippen LogP contribution in [0.3, 0.4) is 0 Å². The van der Waals surface area contributed by atoms with Gasteiger partial charge in [0.1, 0.15) is 0 Å². The predicted octanol–water partition coefficient (Wildman–Crippen LogP) is 2.19. The molecule has 0 aliphatic carbocycles. The Hall–Kier alpha value is -1.41. The van der Waals surface area contributed by atoms with Crippen LogP contribution in [0, 0.1) is 0 Å². The van der Waals surface area contributed by atoms with Gasteiger partial charge in [-0.1, -0.05) is 30.3 Å². The third kappa shape index (κ3) is 3.22. The minimum atomic E-state index is -0.649. The Labute approximate surface area is 80.8 Å². The molecule has 3 heteroatoms. The summed E-state index contributed by atoms with van der Waals surface area (Å²) in [6.45, 7) is 0. The summed E-state index contributed by atoms with van der Waals surface area (Å²) >= 11 is 5.03. The molecule has 0 aromatic heterocycles. The van der Waals surface area contributed by atoms with Crippen LogP contribution >= 0.6 is 11.6 Å². The zero-order valence-corrected chi connectivity index (χ0v) is 7.49. The minimum Gasteiger partial charge on any atom is -0.289 e. The number of allylic oxidation sites excluding steroid dienone is 2. The lowest BCUT2D eigenvalue weighted by molar-refractivity contribution is -0.107. The van der Waals surface area contributed by atoms with Crippen molar-refractivity contribution < 1.29 is 9.59 Å². The van der Waals surface area contributed by atoms with Gasteiger partial charge in [-0.2, -0.15) is 0 Å². The molecule has 0 spiro atoms. The molecular weight excluding hydrogens is 188 g/mol. The summed E-state index contributed by atoms with van der Waals surface area (Å²) in [5, 5.41) is -0.649. The van der Waals surface area contributed by atoms with E-state index in [1.807, 2.05) is 6.07 Å². The van der Waals surface area contributed by atoms with Crippen LogP contribution in [0.25, 0.3) is 0 Å². The summed E-state index contributed by atoms with van der Waals surface area (Å²) in [5.41, 5.74) is 0.539. The zero-order valence-electron chi connectivity index (χ0n) is 6.74. The van der Waals surface area contributed by atoms with Crippen molar-refractivity contribution in [2.75, 3.05) is 0 Å². The Bertz CT molecular complexity index is 341. The van der Waals surface area contributed by atoms with Crippen LogP contribution in [0.5, 0.6) is 0 Å². The largest absolute Gasteiger partial charge is 0.289 e. The van der Waals surface area contributed by atoms with Crippen LogP contribution < -0.4 is 0 Å². The van der Waals surface area contributed by atoms with Crippen molar-refractivity contribution in [2.45, 2.75) is 0 Å². The third-order valence-electron chi connectivity index (χ3n) is 1.42. The molecule has 0 N–H and O–H groups in total. The number of carbonyl (C=O) groups is 2. The Kier molecular flexibility index (Phi) is 3.41. The molecule has 0 fully saturated rings. The van der Waals surface area contributed by atoms with Gasteiger partial charge in [-0.3, -0.25) is 9.59 Å². The van der Waals surface area contributed by atoms with Crippen molar-refractivity contribution in [3.05, 3.63) is 48.0 Å². The van der Waals surface area contributed by atoms with Gasteiger partial charge in [0, 0.05) is 11.6 Å². The first-order chi connectivity index (χ1) is 6.20. The molecule has 13 heavy (non-hydrogen) atoms. The molecule has 66 valence electrons. The number of benzene rings is 1. The number of hydrogen-bond donors (Lipinski definition) is 0. The van der Waals surface area contributed by atoms with Gasteiger partial charge in [0.05, 0.1) is 0 Å². The molecule has 0 aliphatic heterocycles. The summed E-state index contributed by atoms with van der Waals surface area (Å²) in [5.74, 6) is -0.227. The van der Waals surface area contributed by atoms with E-state index in [4.69, 9.17) is 11.6 Å². The van der Waals surface area contributed by atoms with Crippen molar-refractivity contribution in [2.24, 2.45) is 0 Å². The van der Waals surface area contributed by atoms with Crippen LogP contribution in [0.2, 0.25) is 0 Å². The maximum Gasteiger partial charge on any atom is 0.245 e. The standard InChI is InChI=1S/C10H7ClO2/c11-10(13)7-6-9(12)8-4-2-1-3-5-8/h1-7H/b7-6+. The molecule has 2 nitrogen and oxygen atoms in total. The summed E-state index contributed by atoms with van der Waals surface area (Å²) in [7, 11) is 0. The molecule has 0 atom stereocenters. The smallest absolute Gasteiger partial charge is 0.245 e. The van der Waals surface area contributed by atoms with E-state index in [9.17, 15) is 9.59 Å². The third-order valence-corrected chi connectivity index (χ3v) is 1.55. The van der Waals surface area contributed by atoms with E-state index in [0.717, 1.165) is 12.2 Å². The highest BCUT2D eigenvalue weighted by Gasteiger charge is 1.99. The number of rotatable bonds is 3. The molecule has 0 saturated carbocycles. The average molecular weight is 195 g/mol. The summed E-state index contributed by atoms with van der Waals surface area (Å²) < 4.78 is 0. The lowest BCUT2D eigenvalue weighted by Gasteiger charge is -1.92. The number of hydrogen-bond acceptors (Lipinski definition) is 2. The first kappa shape index (κ1) is 9.68. The van der Waals surface area contributed by atoms with Crippen LogP contribution in [-0.2, 0) is 4.79 Å². The van der Waals surface area contributed by atoms with Gasteiger partial charge in [-0.25, -0.2) is 0 Å². The molecule has 0 unspecified atom stereocenters. The normalized spacial score (nSPS) is 10.2. The Morgan fingerprint density at radius 1 is 1.08 bits per heavy atom. The van der Waals surface area contributed by atoms with Crippen molar-refractivity contribution in [3.63, 3.8) is 0 Å². The quantitative estimate of drug-likeness (QED) is 0.420. The molecule has 1 aromatic rings. The molecule has 0 heterocycles. The number of carbonyl (C=O) groups excluding carboxylic acids is 2. The maximum atomic E-state index is 11.3. The molecule has 1 rings (SSSR count). The molecule has 0 bridgehead atoms. The lowest BCUT2D eigenvalue weighted by Crippen LogP contribution is -1.93. The van der Waals surface area contributed by atoms with Crippen molar-refractivity contribution in [1.29, 1.82) is 0 Å². The van der Waals surface area contributed by atoms with E-state index in [-0.39, 0.29) is 5.78 Å². The second-order valence-corrected chi connectivity index (χ2v) is 2.74. The first-order valence-electron chi connectivity index (χ1n) is 3.67. The molecule has 0 amide bonds. The van der Waals surface area contributed by atoms with E-state index < -0.39 is 5.24 Å². The second kappa shape index (κ2) is 4.58. The topological polar surface area (TPSA) is 34.1 Å². The summed E-state index contributed by atoms with van der Waals surface area (Å²) in [4.78, 5) is 21.6. The highest BCUT2D eigenvalue weighted by Crippen LogP contribution is 2.00. The summed E-state index contributed by atoms with van der Waals surface area (Å²) in [6.07, 6.45) is 2.20. The summed E-state index contributed by atoms with van der Waals surface area (Å²) in [6, 6.07) is 8.66. The zero-order chi connectivity index (χ0) is 9.68. The van der Waals surface area contributed by atoms with E-state index in [1.165, 1.54) is 0 Å². The molecular formula is C10H7ClO2. The second-order valence-electron chi connectivity index (χ2n) is 2.37. The van der Waals surface area contributed by atoms with Crippen LogP contribution in [-0.4, -0.2) is 11.0 Å². The molecule has 0 saturated heterocycles. The number of halogens is 1. The lowest BCUT2D eigenvalue weighted by atomic mass is 10.1. The highest BCUT2D eigenvalue weighted by atomic mass is 35.5. The van der Waals surface area contributed by atoms with Crippen molar-refractivity contribution >= 4 is 22.6 Å². The first-order valence-corrected chi connectivity index (χ1v) is 4.05. The van der Waals surface area contributed by atoms with Crippen LogP contribution in [0.15, 0.2) is 42.5 Å². The fourth-order valence-corrected chi connectivity index (χ4v) is 0.903. The van der Waals surface area contributed by atoms with Crippen LogP contribution in [0.1, 0.15) is 10.4 Å². The average Bonchev–Trinajstić information content (AvgIpc) is 2.15. The Morgan fingerprint density at radius 3 is 2.23 bits per heavy atom. The van der Waals surface area contributed by atoms with Gasteiger partial charge in [0.15, 0.2) is 5.78 Å². The Balaban J connectivity index is 2.76. The monoisotopic (exact) mass is 194 g/mol. The van der Waals surface area contributed by atoms with Crippen LogP contribution in [0.4, 0.5) is 0 Å². The van der Waals surface area contributed by atoms with Gasteiger partial charge in [-0.05, 0) is 17.7 Å². The van der Waals surface area contributed by atoms with Gasteiger partial charge in [0.2, 0.25) is 5.24 Å². The fourth-order valence-electron chi connectivity index (χ4n) is 0.840. The molecule has 0 aliphatic rings. The maximum absolute atomic E-state index is 11.3. The highest BCUT2D eigenvalue weighted by molar-refractivity contribution is 6.66. The predicted molar refractivity (Wildman–Crippen MR) is 50.8 cm³/mol. The SMILES string of the molecule is O=C(Cl)/C=C/C(=O)c1ccccc1. The molecule has 1 aromatic carbocycles. The van der Waals surface area contributed by atoms with Gasteiger partial charge in [0.25, 0.3) is 0 Å². The fraction of sp³-hybridized carbons (Fsp3) is 0. The number of ketones is 1. The van der Waals surface area contributed by atoms with Crippen molar-refractivity contribution in [1.82, 2.24) is 0 Å². The minimum absolute atomic E-state index is 0.227. The van der Waals surface area contributed by atoms with Crippen molar-refractivity contribution in [3.8, 4) is 0 Å². The Morgan fingerprint density at radius 2 is 1.69 bits per heavy atom. The van der Waals surface area contributed by atoms with Gasteiger partial charge in [-0.15, -0.1) is 0 Å². The van der Waals surface area contributed by atoms with E-state index in [1.54, 1.807) is 24.3 Å². The van der Waals surface area contributed by atoms with E-state index in [2.05, 4.69) is 0 Å².